The van der Waals surface area contributed by atoms with Gasteiger partial charge in [-0.25, -0.2) is 0 Å². The van der Waals surface area contributed by atoms with E-state index in [-0.39, 0.29) is 30.0 Å². The Bertz CT molecular complexity index is 296. The van der Waals surface area contributed by atoms with Crippen molar-refractivity contribution < 1.29 is 14.7 Å². The quantitative estimate of drug-likeness (QED) is 0.662. The highest BCUT2D eigenvalue weighted by atomic mass is 32.2. The summed E-state index contributed by atoms with van der Waals surface area (Å²) in [5, 5.41) is 16.9. The number of nitriles is 1. The lowest BCUT2D eigenvalue weighted by Crippen LogP contribution is -2.38. The van der Waals surface area contributed by atoms with Crippen LogP contribution in [0.2, 0.25) is 0 Å². The predicted octanol–water partition coefficient (Wildman–Crippen LogP) is 0.319. The van der Waals surface area contributed by atoms with Gasteiger partial charge >= 0.3 is 5.97 Å². The van der Waals surface area contributed by atoms with Crippen LogP contribution in [0.25, 0.3) is 0 Å². The molecule has 0 radical (unpaired) electrons. The minimum Gasteiger partial charge on any atom is -0.480 e. The van der Waals surface area contributed by atoms with E-state index in [1.807, 2.05) is 6.07 Å². The molecule has 0 aliphatic heterocycles. The van der Waals surface area contributed by atoms with Gasteiger partial charge in [-0.15, -0.1) is 11.8 Å². The fourth-order valence-corrected chi connectivity index (χ4v) is 1.75. The highest BCUT2D eigenvalue weighted by molar-refractivity contribution is 8.00. The predicted molar refractivity (Wildman–Crippen MR) is 55.3 cm³/mol. The standard InChI is InChI=1S/C9H12N2O3S/c10-3-4-15-6-8(12)11(5-9(13)14)7-1-2-7/h7H,1-2,4-6H2,(H,13,14). The van der Waals surface area contributed by atoms with Gasteiger partial charge in [-0.2, -0.15) is 5.26 Å². The van der Waals surface area contributed by atoms with Crippen LogP contribution in [0.4, 0.5) is 0 Å². The van der Waals surface area contributed by atoms with Crippen molar-refractivity contribution in [2.75, 3.05) is 18.1 Å². The maximum Gasteiger partial charge on any atom is 0.323 e. The van der Waals surface area contributed by atoms with E-state index in [0.29, 0.717) is 0 Å². The molecular formula is C9H12N2O3S. The van der Waals surface area contributed by atoms with Crippen molar-refractivity contribution in [2.24, 2.45) is 0 Å². The molecule has 0 aromatic heterocycles. The number of nitrogens with zero attached hydrogens (tertiary/aromatic N) is 2. The lowest BCUT2D eigenvalue weighted by atomic mass is 10.4. The first kappa shape index (κ1) is 11.9. The number of carboxylic acids is 1. The largest absolute Gasteiger partial charge is 0.480 e. The molecule has 0 atom stereocenters. The molecule has 0 heterocycles. The third-order valence-corrected chi connectivity index (χ3v) is 2.79. The van der Waals surface area contributed by atoms with Crippen LogP contribution >= 0.6 is 11.8 Å². The number of rotatable bonds is 6. The van der Waals surface area contributed by atoms with Crippen molar-refractivity contribution in [3.05, 3.63) is 0 Å². The Morgan fingerprint density at radius 3 is 2.67 bits per heavy atom. The summed E-state index contributed by atoms with van der Waals surface area (Å²) >= 11 is 1.22. The zero-order valence-corrected chi connectivity index (χ0v) is 9.00. The molecule has 0 bridgehead atoms. The van der Waals surface area contributed by atoms with Crippen molar-refractivity contribution in [3.63, 3.8) is 0 Å². The van der Waals surface area contributed by atoms with E-state index in [2.05, 4.69) is 0 Å². The van der Waals surface area contributed by atoms with Crippen LogP contribution in [0.15, 0.2) is 0 Å². The van der Waals surface area contributed by atoms with E-state index in [0.717, 1.165) is 12.8 Å². The van der Waals surface area contributed by atoms with Gasteiger partial charge in [0.25, 0.3) is 0 Å². The van der Waals surface area contributed by atoms with Gasteiger partial charge in [0.2, 0.25) is 5.91 Å². The van der Waals surface area contributed by atoms with Gasteiger partial charge in [-0.3, -0.25) is 9.59 Å². The average molecular weight is 228 g/mol. The third-order valence-electron chi connectivity index (χ3n) is 2.01. The second-order valence-electron chi connectivity index (χ2n) is 3.30. The Morgan fingerprint density at radius 2 is 2.20 bits per heavy atom. The molecular weight excluding hydrogens is 216 g/mol. The van der Waals surface area contributed by atoms with Gasteiger partial charge in [0.15, 0.2) is 0 Å². The minimum atomic E-state index is -0.986. The summed E-state index contributed by atoms with van der Waals surface area (Å²) in [4.78, 5) is 23.5. The molecule has 6 heteroatoms. The third kappa shape index (κ3) is 4.21. The van der Waals surface area contributed by atoms with Gasteiger partial charge in [0.1, 0.15) is 6.54 Å². The van der Waals surface area contributed by atoms with Crippen molar-refractivity contribution in [3.8, 4) is 6.07 Å². The molecule has 0 spiro atoms. The monoisotopic (exact) mass is 228 g/mol. The molecule has 0 aromatic rings. The van der Waals surface area contributed by atoms with Crippen LogP contribution in [-0.4, -0.2) is 46.0 Å². The van der Waals surface area contributed by atoms with Crippen LogP contribution < -0.4 is 0 Å². The number of hydrogen-bond donors (Lipinski definition) is 1. The number of thioether (sulfide) groups is 1. The molecule has 0 aromatic carbocycles. The number of hydrogen-bond acceptors (Lipinski definition) is 4. The molecule has 1 aliphatic carbocycles. The average Bonchev–Trinajstić information content (AvgIpc) is 2.97. The Hall–Kier alpha value is -1.22. The number of amides is 1. The van der Waals surface area contributed by atoms with Crippen LogP contribution in [0.5, 0.6) is 0 Å². The molecule has 0 unspecified atom stereocenters. The molecule has 82 valence electrons. The molecule has 1 rings (SSSR count). The molecule has 15 heavy (non-hydrogen) atoms. The molecule has 5 nitrogen and oxygen atoms in total. The van der Waals surface area contributed by atoms with Gasteiger partial charge in [0, 0.05) is 6.04 Å². The number of carbonyl (C=O) groups excluding carboxylic acids is 1. The molecule has 1 amide bonds. The van der Waals surface area contributed by atoms with Gasteiger partial charge in [-0.05, 0) is 12.8 Å². The lowest BCUT2D eigenvalue weighted by molar-refractivity contribution is -0.143. The minimum absolute atomic E-state index is 0.108. The Balaban J connectivity index is 2.38. The Labute approximate surface area is 92.0 Å². The summed E-state index contributed by atoms with van der Waals surface area (Å²) in [6.45, 7) is -0.226. The SMILES string of the molecule is N#CCSCC(=O)N(CC(=O)O)C1CC1. The summed E-state index contributed by atoms with van der Waals surface area (Å²) in [7, 11) is 0. The summed E-state index contributed by atoms with van der Waals surface area (Å²) < 4.78 is 0. The lowest BCUT2D eigenvalue weighted by Gasteiger charge is -2.19. The van der Waals surface area contributed by atoms with Gasteiger partial charge in [0.05, 0.1) is 17.6 Å². The first-order chi connectivity index (χ1) is 7.15. The summed E-state index contributed by atoms with van der Waals surface area (Å²) in [5.41, 5.74) is 0. The first-order valence-electron chi connectivity index (χ1n) is 4.61. The van der Waals surface area contributed by atoms with E-state index in [9.17, 15) is 9.59 Å². The molecule has 1 saturated carbocycles. The second-order valence-corrected chi connectivity index (χ2v) is 4.28. The van der Waals surface area contributed by atoms with Gasteiger partial charge in [-0.1, -0.05) is 0 Å². The maximum absolute atomic E-state index is 11.6. The van der Waals surface area contributed by atoms with Crippen molar-refractivity contribution in [2.45, 2.75) is 18.9 Å². The zero-order chi connectivity index (χ0) is 11.3. The number of carbonyl (C=O) groups is 2. The number of aliphatic carboxylic acids is 1. The van der Waals surface area contributed by atoms with Crippen LogP contribution in [0.3, 0.4) is 0 Å². The summed E-state index contributed by atoms with van der Waals surface area (Å²) in [6.07, 6.45) is 1.78. The van der Waals surface area contributed by atoms with Gasteiger partial charge < -0.3 is 10.0 Å². The smallest absolute Gasteiger partial charge is 0.323 e. The van der Waals surface area contributed by atoms with E-state index in [1.165, 1.54) is 16.7 Å². The molecule has 1 aliphatic rings. The zero-order valence-electron chi connectivity index (χ0n) is 8.18. The Kier molecular flexibility index (Phi) is 4.43. The number of carboxylic acid groups (broad SMARTS) is 1. The van der Waals surface area contributed by atoms with E-state index in [1.54, 1.807) is 0 Å². The highest BCUT2D eigenvalue weighted by Gasteiger charge is 2.33. The Morgan fingerprint density at radius 1 is 1.53 bits per heavy atom. The van der Waals surface area contributed by atoms with E-state index >= 15 is 0 Å². The molecule has 0 saturated heterocycles. The topological polar surface area (TPSA) is 81.4 Å². The van der Waals surface area contributed by atoms with Crippen molar-refractivity contribution >= 4 is 23.6 Å². The summed E-state index contributed by atoms with van der Waals surface area (Å²) in [5.74, 6) is -0.713. The maximum atomic E-state index is 11.6. The van der Waals surface area contributed by atoms with E-state index in [4.69, 9.17) is 10.4 Å². The normalized spacial score (nSPS) is 14.3. The fourth-order valence-electron chi connectivity index (χ4n) is 1.22. The van der Waals surface area contributed by atoms with Crippen LogP contribution in [0, 0.1) is 11.3 Å². The first-order valence-corrected chi connectivity index (χ1v) is 5.76. The van der Waals surface area contributed by atoms with Crippen molar-refractivity contribution in [1.82, 2.24) is 4.90 Å². The van der Waals surface area contributed by atoms with E-state index < -0.39 is 5.97 Å². The fraction of sp³-hybridized carbons (Fsp3) is 0.667. The van der Waals surface area contributed by atoms with Crippen LogP contribution in [-0.2, 0) is 9.59 Å². The highest BCUT2D eigenvalue weighted by Crippen LogP contribution is 2.27. The molecule has 1 fully saturated rings. The molecule has 1 N–H and O–H groups in total. The summed E-state index contributed by atoms with van der Waals surface area (Å²) in [6, 6.07) is 2.03. The second kappa shape index (κ2) is 5.61. The van der Waals surface area contributed by atoms with Crippen molar-refractivity contribution in [1.29, 1.82) is 5.26 Å². The van der Waals surface area contributed by atoms with Crippen LogP contribution in [0.1, 0.15) is 12.8 Å².